The number of amides is 1. The van der Waals surface area contributed by atoms with Gasteiger partial charge in [0.25, 0.3) is 0 Å². The molecule has 0 fully saturated rings. The van der Waals surface area contributed by atoms with Gasteiger partial charge in [-0.2, -0.15) is 0 Å². The molecule has 0 unspecified atom stereocenters. The van der Waals surface area contributed by atoms with Crippen molar-refractivity contribution in [3.8, 4) is 0 Å². The average Bonchev–Trinajstić information content (AvgIpc) is 2.43. The van der Waals surface area contributed by atoms with Crippen molar-refractivity contribution in [3.05, 3.63) is 18.6 Å². The molecule has 0 saturated carbocycles. The number of nitrogens with one attached hydrogen (secondary N) is 1. The van der Waals surface area contributed by atoms with Gasteiger partial charge in [-0.15, -0.1) is 11.8 Å². The molecule has 0 aliphatic heterocycles. The lowest BCUT2D eigenvalue weighted by atomic mass is 10.5. The van der Waals surface area contributed by atoms with Gasteiger partial charge in [0.15, 0.2) is 16.6 Å². The molecule has 1 rings (SSSR count). The van der Waals surface area contributed by atoms with Crippen LogP contribution in [0.15, 0.2) is 23.6 Å². The van der Waals surface area contributed by atoms with Gasteiger partial charge in [-0.3, -0.25) is 9.78 Å². The number of aromatic nitrogens is 2. The van der Waals surface area contributed by atoms with Crippen molar-refractivity contribution in [2.24, 2.45) is 0 Å². The van der Waals surface area contributed by atoms with E-state index in [0.717, 1.165) is 35.8 Å². The standard InChI is InChI=1S/C15H29N3O2SSi2/c1-14(19)17-7-6-11-22(2,3)20-23(4,5)12-10-21-15-13-16-8-9-18-15/h8-9,13H,6-7,10-12H2,1-5H3,(H,17,19). The molecule has 1 aromatic heterocycles. The molecule has 0 aromatic carbocycles. The van der Waals surface area contributed by atoms with Crippen LogP contribution >= 0.6 is 11.8 Å². The van der Waals surface area contributed by atoms with Crippen LogP contribution in [0.25, 0.3) is 0 Å². The van der Waals surface area contributed by atoms with Crippen LogP contribution in [0.4, 0.5) is 0 Å². The summed E-state index contributed by atoms with van der Waals surface area (Å²) >= 11 is 1.75. The second-order valence-corrected chi connectivity index (χ2v) is 16.8. The Kier molecular flexibility index (Phi) is 8.45. The van der Waals surface area contributed by atoms with Gasteiger partial charge in [-0.25, -0.2) is 4.98 Å². The molecule has 0 saturated heterocycles. The number of hydrogen-bond donors (Lipinski definition) is 1. The Morgan fingerprint density at radius 2 is 1.91 bits per heavy atom. The summed E-state index contributed by atoms with van der Waals surface area (Å²) in [4.78, 5) is 19.3. The lowest BCUT2D eigenvalue weighted by Crippen LogP contribution is -2.44. The first-order valence-electron chi connectivity index (χ1n) is 8.04. The predicted molar refractivity (Wildman–Crippen MR) is 102 cm³/mol. The summed E-state index contributed by atoms with van der Waals surface area (Å²) in [7, 11) is -3.34. The number of rotatable bonds is 10. The van der Waals surface area contributed by atoms with Crippen LogP contribution in [0, 0.1) is 0 Å². The Morgan fingerprint density at radius 1 is 1.22 bits per heavy atom. The molecular weight excluding hydrogens is 342 g/mol. The fourth-order valence-electron chi connectivity index (χ4n) is 2.39. The van der Waals surface area contributed by atoms with Gasteiger partial charge in [-0.05, 0) is 50.4 Å². The predicted octanol–water partition coefficient (Wildman–Crippen LogP) is 3.52. The van der Waals surface area contributed by atoms with E-state index in [-0.39, 0.29) is 5.91 Å². The van der Waals surface area contributed by atoms with Gasteiger partial charge < -0.3 is 9.43 Å². The molecule has 1 heterocycles. The Morgan fingerprint density at radius 3 is 2.52 bits per heavy atom. The van der Waals surface area contributed by atoms with E-state index >= 15 is 0 Å². The van der Waals surface area contributed by atoms with E-state index in [1.165, 1.54) is 0 Å². The van der Waals surface area contributed by atoms with Crippen LogP contribution in [0.2, 0.25) is 38.3 Å². The van der Waals surface area contributed by atoms with Gasteiger partial charge in [0.1, 0.15) is 5.03 Å². The van der Waals surface area contributed by atoms with Crippen LogP contribution in [0.5, 0.6) is 0 Å². The summed E-state index contributed by atoms with van der Waals surface area (Å²) in [6.45, 7) is 11.5. The Bertz CT molecular complexity index is 487. The van der Waals surface area contributed by atoms with Crippen molar-refractivity contribution in [1.82, 2.24) is 15.3 Å². The largest absolute Gasteiger partial charge is 0.455 e. The maximum Gasteiger partial charge on any atom is 0.216 e. The third kappa shape index (κ3) is 9.90. The van der Waals surface area contributed by atoms with E-state index < -0.39 is 16.6 Å². The number of hydrogen-bond acceptors (Lipinski definition) is 5. The Balaban J connectivity index is 2.32. The molecular formula is C15H29N3O2SSi2. The van der Waals surface area contributed by atoms with Crippen LogP contribution in [0.1, 0.15) is 13.3 Å². The summed E-state index contributed by atoms with van der Waals surface area (Å²) < 4.78 is 6.59. The van der Waals surface area contributed by atoms with E-state index in [0.29, 0.717) is 0 Å². The fraction of sp³-hybridized carbons (Fsp3) is 0.667. The zero-order valence-electron chi connectivity index (χ0n) is 14.9. The average molecular weight is 372 g/mol. The second kappa shape index (κ2) is 9.56. The van der Waals surface area contributed by atoms with E-state index in [9.17, 15) is 4.79 Å². The maximum absolute atomic E-state index is 10.9. The molecule has 0 spiro atoms. The van der Waals surface area contributed by atoms with Crippen LogP contribution in [-0.2, 0) is 8.91 Å². The summed E-state index contributed by atoms with van der Waals surface area (Å²) in [5, 5.41) is 3.83. The minimum absolute atomic E-state index is 0.0427. The summed E-state index contributed by atoms with van der Waals surface area (Å²) in [6, 6.07) is 2.19. The van der Waals surface area contributed by atoms with Gasteiger partial charge in [0.05, 0.1) is 6.20 Å². The number of thioether (sulfide) groups is 1. The monoisotopic (exact) mass is 371 g/mol. The van der Waals surface area contributed by atoms with E-state index in [4.69, 9.17) is 4.12 Å². The molecule has 23 heavy (non-hydrogen) atoms. The summed E-state index contributed by atoms with van der Waals surface area (Å²) in [5.74, 6) is 1.06. The van der Waals surface area contributed by atoms with Crippen LogP contribution in [0.3, 0.4) is 0 Å². The van der Waals surface area contributed by atoms with Crippen molar-refractivity contribution in [2.75, 3.05) is 12.3 Å². The molecule has 0 radical (unpaired) electrons. The van der Waals surface area contributed by atoms with Crippen LogP contribution in [-0.4, -0.2) is 44.8 Å². The first-order chi connectivity index (χ1) is 10.7. The Hall–Kier alpha value is -0.706. The van der Waals surface area contributed by atoms with Crippen molar-refractivity contribution in [3.63, 3.8) is 0 Å². The number of carbonyl (C=O) groups excluding carboxylic acids is 1. The summed E-state index contributed by atoms with van der Waals surface area (Å²) in [5.41, 5.74) is 0. The molecule has 1 aromatic rings. The lowest BCUT2D eigenvalue weighted by molar-refractivity contribution is -0.118. The van der Waals surface area contributed by atoms with Gasteiger partial charge >= 0.3 is 0 Å². The molecule has 5 nitrogen and oxygen atoms in total. The zero-order valence-corrected chi connectivity index (χ0v) is 17.7. The van der Waals surface area contributed by atoms with Crippen molar-refractivity contribution in [2.45, 2.75) is 56.6 Å². The fourth-order valence-corrected chi connectivity index (χ4v) is 13.1. The first kappa shape index (κ1) is 20.3. The number of carbonyl (C=O) groups is 1. The molecule has 0 atom stereocenters. The zero-order chi connectivity index (χ0) is 17.3. The lowest BCUT2D eigenvalue weighted by Gasteiger charge is -2.34. The van der Waals surface area contributed by atoms with E-state index in [2.05, 4.69) is 41.5 Å². The summed E-state index contributed by atoms with van der Waals surface area (Å²) in [6.07, 6.45) is 6.23. The molecule has 1 N–H and O–H groups in total. The van der Waals surface area contributed by atoms with Crippen molar-refractivity contribution in [1.29, 1.82) is 0 Å². The highest BCUT2D eigenvalue weighted by Gasteiger charge is 2.32. The third-order valence-corrected chi connectivity index (χ3v) is 12.1. The topological polar surface area (TPSA) is 64.1 Å². The highest BCUT2D eigenvalue weighted by Crippen LogP contribution is 2.25. The molecule has 130 valence electrons. The molecule has 0 aliphatic rings. The minimum Gasteiger partial charge on any atom is -0.455 e. The second-order valence-electron chi connectivity index (χ2n) is 6.85. The maximum atomic E-state index is 10.9. The minimum atomic E-state index is -1.67. The third-order valence-electron chi connectivity index (χ3n) is 3.38. The van der Waals surface area contributed by atoms with E-state index in [1.54, 1.807) is 37.3 Å². The molecule has 8 heteroatoms. The number of nitrogens with zero attached hydrogens (tertiary/aromatic N) is 2. The quantitative estimate of drug-likeness (QED) is 0.387. The van der Waals surface area contributed by atoms with Gasteiger partial charge in [0, 0.05) is 25.9 Å². The molecule has 1 amide bonds. The molecule has 0 aliphatic carbocycles. The van der Waals surface area contributed by atoms with Gasteiger partial charge in [0.2, 0.25) is 5.91 Å². The normalized spacial score (nSPS) is 12.2. The van der Waals surface area contributed by atoms with Gasteiger partial charge in [-0.1, -0.05) is 0 Å². The van der Waals surface area contributed by atoms with Crippen LogP contribution < -0.4 is 5.32 Å². The van der Waals surface area contributed by atoms with Crippen molar-refractivity contribution < 1.29 is 8.91 Å². The highest BCUT2D eigenvalue weighted by atomic mass is 32.2. The molecule has 0 bridgehead atoms. The van der Waals surface area contributed by atoms with E-state index in [1.807, 2.05) is 0 Å². The van der Waals surface area contributed by atoms with Crippen molar-refractivity contribution >= 4 is 34.3 Å². The Labute approximate surface area is 146 Å². The smallest absolute Gasteiger partial charge is 0.216 e. The first-order valence-corrected chi connectivity index (χ1v) is 15.3. The highest BCUT2D eigenvalue weighted by molar-refractivity contribution is 7.99. The SMILES string of the molecule is CC(=O)NCCC[Si](C)(C)O[Si](C)(C)CCSc1cnccn1.